The average molecular weight is 454 g/mol. The van der Waals surface area contributed by atoms with Gasteiger partial charge in [-0.3, -0.25) is 9.59 Å². The first-order valence-corrected chi connectivity index (χ1v) is 12.3. The number of hydrogen-bond acceptors (Lipinski definition) is 5. The van der Waals surface area contributed by atoms with Gasteiger partial charge in [-0.2, -0.15) is 0 Å². The number of hydrogen-bond donors (Lipinski definition) is 1. The highest BCUT2D eigenvalue weighted by atomic mass is 32.2. The number of rotatable bonds is 6. The highest BCUT2D eigenvalue weighted by molar-refractivity contribution is 7.99. The van der Waals surface area contributed by atoms with E-state index in [0.717, 1.165) is 21.9 Å². The zero-order valence-corrected chi connectivity index (χ0v) is 19.1. The minimum atomic E-state index is -3.95. The predicted octanol–water partition coefficient (Wildman–Crippen LogP) is 3.34. The summed E-state index contributed by atoms with van der Waals surface area (Å²) in [4.78, 5) is 26.7. The number of nitrogens with zero attached hydrogens (tertiary/aromatic N) is 2. The number of carbonyl (C=O) groups is 2. The van der Waals surface area contributed by atoms with Crippen LogP contribution in [0.4, 0.5) is 5.69 Å². The zero-order chi connectivity index (χ0) is 22.9. The SMILES string of the molecule is CCCCN1C(=O)C(Nc2ccc3c(c2)CCN(C(C)=O)C3)=C(c2ccccc2)S1(=O)=O. The fraction of sp³-hybridized carbons (Fsp3) is 0.333. The predicted molar refractivity (Wildman–Crippen MR) is 124 cm³/mol. The number of amides is 2. The summed E-state index contributed by atoms with van der Waals surface area (Å²) in [6, 6.07) is 14.4. The highest BCUT2D eigenvalue weighted by Gasteiger charge is 2.44. The minimum Gasteiger partial charge on any atom is -0.350 e. The summed E-state index contributed by atoms with van der Waals surface area (Å²) in [5.41, 5.74) is 3.37. The first kappa shape index (κ1) is 22.1. The Labute approximate surface area is 188 Å². The Balaban J connectivity index is 1.72. The normalized spacial score (nSPS) is 17.5. The highest BCUT2D eigenvalue weighted by Crippen LogP contribution is 2.36. The minimum absolute atomic E-state index is 0.0136. The molecule has 0 saturated heterocycles. The maximum atomic E-state index is 13.3. The molecule has 7 nitrogen and oxygen atoms in total. The van der Waals surface area contributed by atoms with Crippen molar-refractivity contribution < 1.29 is 18.0 Å². The van der Waals surface area contributed by atoms with Crippen LogP contribution in [0, 0.1) is 0 Å². The van der Waals surface area contributed by atoms with Gasteiger partial charge in [0.15, 0.2) is 0 Å². The summed E-state index contributed by atoms with van der Waals surface area (Å²) in [5, 5.41) is 3.11. The van der Waals surface area contributed by atoms with Gasteiger partial charge < -0.3 is 10.2 Å². The fourth-order valence-electron chi connectivity index (χ4n) is 4.13. The van der Waals surface area contributed by atoms with Crippen molar-refractivity contribution in [3.8, 4) is 0 Å². The summed E-state index contributed by atoms with van der Waals surface area (Å²) in [7, 11) is -3.95. The molecule has 2 heterocycles. The number of fused-ring (bicyclic) bond motifs is 1. The van der Waals surface area contributed by atoms with E-state index in [4.69, 9.17) is 0 Å². The summed E-state index contributed by atoms with van der Waals surface area (Å²) >= 11 is 0. The molecule has 0 spiro atoms. The van der Waals surface area contributed by atoms with Gasteiger partial charge in [0.1, 0.15) is 10.6 Å². The van der Waals surface area contributed by atoms with Gasteiger partial charge in [0.2, 0.25) is 5.91 Å². The van der Waals surface area contributed by atoms with Crippen LogP contribution in [0.15, 0.2) is 54.2 Å². The Morgan fingerprint density at radius 3 is 2.53 bits per heavy atom. The number of carbonyl (C=O) groups excluding carboxylic acids is 2. The van der Waals surface area contributed by atoms with Gasteiger partial charge in [-0.15, -0.1) is 0 Å². The van der Waals surface area contributed by atoms with Gasteiger partial charge in [-0.25, -0.2) is 12.7 Å². The summed E-state index contributed by atoms with van der Waals surface area (Å²) < 4.78 is 27.6. The molecule has 2 aromatic carbocycles. The smallest absolute Gasteiger partial charge is 0.285 e. The molecule has 2 aliphatic heterocycles. The molecule has 32 heavy (non-hydrogen) atoms. The van der Waals surface area contributed by atoms with Gasteiger partial charge in [0.05, 0.1) is 0 Å². The molecule has 2 aromatic rings. The molecule has 4 rings (SSSR count). The van der Waals surface area contributed by atoms with Crippen LogP contribution in [0.2, 0.25) is 0 Å². The van der Waals surface area contributed by atoms with E-state index in [2.05, 4.69) is 5.32 Å². The Morgan fingerprint density at radius 2 is 1.84 bits per heavy atom. The van der Waals surface area contributed by atoms with Crippen LogP contribution in [0.25, 0.3) is 4.91 Å². The van der Waals surface area contributed by atoms with Gasteiger partial charge >= 0.3 is 0 Å². The molecule has 2 amide bonds. The maximum absolute atomic E-state index is 13.3. The molecular formula is C24H27N3O4S. The van der Waals surface area contributed by atoms with Crippen molar-refractivity contribution in [2.75, 3.05) is 18.4 Å². The van der Waals surface area contributed by atoms with Crippen molar-refractivity contribution in [1.82, 2.24) is 9.21 Å². The molecule has 8 heteroatoms. The van der Waals surface area contributed by atoms with E-state index in [-0.39, 0.29) is 23.1 Å². The lowest BCUT2D eigenvalue weighted by Gasteiger charge is -2.28. The van der Waals surface area contributed by atoms with Gasteiger partial charge in [0.25, 0.3) is 15.9 Å². The van der Waals surface area contributed by atoms with E-state index in [1.165, 1.54) is 0 Å². The van der Waals surface area contributed by atoms with Crippen LogP contribution in [0.1, 0.15) is 43.4 Å². The summed E-state index contributed by atoms with van der Waals surface area (Å²) in [5.74, 6) is -0.484. The first-order chi connectivity index (χ1) is 15.3. The molecule has 1 N–H and O–H groups in total. The Kier molecular flexibility index (Phi) is 6.06. The Hall–Kier alpha value is -3.13. The number of unbranched alkanes of at least 4 members (excludes halogenated alkanes) is 1. The van der Waals surface area contributed by atoms with E-state index in [9.17, 15) is 18.0 Å². The standard InChI is InChI=1S/C24H27N3O4S/c1-3-4-13-27-24(29)22(23(32(27,30)31)18-8-6-5-7-9-18)25-21-11-10-20-16-26(17(2)28)14-12-19(20)15-21/h5-11,15,25H,3-4,12-14,16H2,1-2H3. The molecule has 0 radical (unpaired) electrons. The number of benzene rings is 2. The molecule has 0 saturated carbocycles. The van der Waals surface area contributed by atoms with Crippen molar-refractivity contribution >= 4 is 32.4 Å². The van der Waals surface area contributed by atoms with Crippen molar-refractivity contribution in [3.63, 3.8) is 0 Å². The molecule has 168 valence electrons. The molecule has 2 aliphatic rings. The third kappa shape index (κ3) is 4.02. The summed E-state index contributed by atoms with van der Waals surface area (Å²) in [6.45, 7) is 4.88. The molecule has 0 fully saturated rings. The van der Waals surface area contributed by atoms with Crippen LogP contribution in [-0.4, -0.2) is 42.5 Å². The molecule has 0 unspecified atom stereocenters. The van der Waals surface area contributed by atoms with Crippen molar-refractivity contribution in [2.45, 2.75) is 39.7 Å². The largest absolute Gasteiger partial charge is 0.350 e. The van der Waals surface area contributed by atoms with Crippen molar-refractivity contribution in [1.29, 1.82) is 0 Å². The molecule has 0 aromatic heterocycles. The van der Waals surface area contributed by atoms with E-state index in [1.54, 1.807) is 36.1 Å². The van der Waals surface area contributed by atoms with Crippen molar-refractivity contribution in [3.05, 3.63) is 70.9 Å². The first-order valence-electron chi connectivity index (χ1n) is 10.8. The molecule has 0 aliphatic carbocycles. The number of nitrogens with one attached hydrogen (secondary N) is 1. The third-order valence-electron chi connectivity index (χ3n) is 5.90. The van der Waals surface area contributed by atoms with E-state index in [1.807, 2.05) is 31.2 Å². The van der Waals surface area contributed by atoms with Gasteiger partial charge in [0, 0.05) is 32.2 Å². The average Bonchev–Trinajstić information content (AvgIpc) is 2.96. The monoisotopic (exact) mass is 453 g/mol. The van der Waals surface area contributed by atoms with E-state index in [0.29, 0.717) is 37.2 Å². The van der Waals surface area contributed by atoms with Gasteiger partial charge in [-0.1, -0.05) is 49.7 Å². The number of anilines is 1. The van der Waals surface area contributed by atoms with Gasteiger partial charge in [-0.05, 0) is 41.7 Å². The topological polar surface area (TPSA) is 86.8 Å². The van der Waals surface area contributed by atoms with E-state index >= 15 is 0 Å². The number of sulfonamides is 1. The Bertz CT molecular complexity index is 1190. The maximum Gasteiger partial charge on any atom is 0.285 e. The van der Waals surface area contributed by atoms with Crippen LogP contribution in [-0.2, 0) is 32.6 Å². The molecule has 0 atom stereocenters. The van der Waals surface area contributed by atoms with Crippen LogP contribution in [0.3, 0.4) is 0 Å². The quantitative estimate of drug-likeness (QED) is 0.725. The zero-order valence-electron chi connectivity index (χ0n) is 18.3. The molecule has 0 bridgehead atoms. The van der Waals surface area contributed by atoms with E-state index < -0.39 is 15.9 Å². The second-order valence-electron chi connectivity index (χ2n) is 8.11. The van der Waals surface area contributed by atoms with Crippen LogP contribution < -0.4 is 5.32 Å². The second kappa shape index (κ2) is 8.78. The van der Waals surface area contributed by atoms with Crippen LogP contribution in [0.5, 0.6) is 0 Å². The van der Waals surface area contributed by atoms with Crippen molar-refractivity contribution in [2.24, 2.45) is 0 Å². The lowest BCUT2D eigenvalue weighted by atomic mass is 9.99. The summed E-state index contributed by atoms with van der Waals surface area (Å²) in [6.07, 6.45) is 2.10. The fourth-order valence-corrected chi connectivity index (χ4v) is 5.86. The second-order valence-corrected chi connectivity index (χ2v) is 9.90. The lowest BCUT2D eigenvalue weighted by molar-refractivity contribution is -0.129. The third-order valence-corrected chi connectivity index (χ3v) is 7.78. The lowest BCUT2D eigenvalue weighted by Crippen LogP contribution is -2.34. The Morgan fingerprint density at radius 1 is 1.09 bits per heavy atom. The molecular weight excluding hydrogens is 426 g/mol. The van der Waals surface area contributed by atoms with Crippen LogP contribution >= 0.6 is 0 Å².